The van der Waals surface area contributed by atoms with Crippen LogP contribution in [0.15, 0.2) is 6.33 Å². The van der Waals surface area contributed by atoms with Gasteiger partial charge in [-0.15, -0.1) is 11.6 Å². The highest BCUT2D eigenvalue weighted by atomic mass is 35.5. The predicted molar refractivity (Wildman–Crippen MR) is 97.5 cm³/mol. The molecule has 1 aromatic heterocycles. The Kier molecular flexibility index (Phi) is 6.56. The van der Waals surface area contributed by atoms with Crippen LogP contribution in [0.5, 0.6) is 0 Å². The zero-order chi connectivity index (χ0) is 21.2. The molecule has 2 rings (SSSR count). The van der Waals surface area contributed by atoms with E-state index in [0.29, 0.717) is 0 Å². The van der Waals surface area contributed by atoms with E-state index in [1.54, 1.807) is 20.8 Å². The van der Waals surface area contributed by atoms with Gasteiger partial charge in [0.25, 0.3) is 0 Å². The average Bonchev–Trinajstić information content (AvgIpc) is 3.05. The van der Waals surface area contributed by atoms with Gasteiger partial charge in [0.15, 0.2) is 18.0 Å². The van der Waals surface area contributed by atoms with E-state index in [-0.39, 0.29) is 18.1 Å². The van der Waals surface area contributed by atoms with E-state index in [4.69, 9.17) is 36.3 Å². The van der Waals surface area contributed by atoms with Crippen molar-refractivity contribution in [2.45, 2.75) is 64.0 Å². The van der Waals surface area contributed by atoms with Crippen LogP contribution in [-0.4, -0.2) is 57.3 Å². The van der Waals surface area contributed by atoms with Gasteiger partial charge in [0.2, 0.25) is 0 Å². The van der Waals surface area contributed by atoms with Crippen molar-refractivity contribution in [1.29, 1.82) is 0 Å². The van der Waals surface area contributed by atoms with Crippen molar-refractivity contribution < 1.29 is 33.3 Å². The minimum Gasteiger partial charge on any atom is -0.463 e. The van der Waals surface area contributed by atoms with Crippen molar-refractivity contribution in [3.63, 3.8) is 0 Å². The minimum atomic E-state index is -0.907. The Morgan fingerprint density at radius 1 is 1.29 bits per heavy atom. The van der Waals surface area contributed by atoms with E-state index in [1.807, 2.05) is 0 Å². The average molecular weight is 418 g/mol. The predicted octanol–water partition coefficient (Wildman–Crippen LogP) is 1.42. The summed E-state index contributed by atoms with van der Waals surface area (Å²) in [6, 6.07) is 0. The van der Waals surface area contributed by atoms with Crippen LogP contribution in [0.25, 0.3) is 0 Å². The van der Waals surface area contributed by atoms with Crippen LogP contribution in [0.1, 0.15) is 51.3 Å². The molecule has 0 aromatic carbocycles. The van der Waals surface area contributed by atoms with Gasteiger partial charge >= 0.3 is 17.9 Å². The normalized spacial score (nSPS) is 24.6. The molecule has 28 heavy (non-hydrogen) atoms. The van der Waals surface area contributed by atoms with Crippen LogP contribution in [-0.2, 0) is 28.5 Å². The molecule has 2 heterocycles. The Morgan fingerprint density at radius 2 is 1.93 bits per heavy atom. The van der Waals surface area contributed by atoms with Gasteiger partial charge in [-0.3, -0.25) is 14.2 Å². The van der Waals surface area contributed by atoms with Crippen molar-refractivity contribution >= 4 is 35.3 Å². The van der Waals surface area contributed by atoms with Crippen LogP contribution < -0.4 is 5.73 Å². The van der Waals surface area contributed by atoms with Gasteiger partial charge in [-0.2, -0.15) is 0 Å². The molecule has 0 spiro atoms. The highest BCUT2D eigenvalue weighted by Gasteiger charge is 2.48. The van der Waals surface area contributed by atoms with Crippen LogP contribution in [0, 0.1) is 0 Å². The van der Waals surface area contributed by atoms with Crippen molar-refractivity contribution in [3.8, 4) is 0 Å². The first-order chi connectivity index (χ1) is 12.9. The second kappa shape index (κ2) is 8.36. The molecule has 0 saturated carbocycles. The standard InChI is InChI=1S/C17H24ClN3O7/c1-8(22)25-6-10-13(26-9(2)23)11(18)15(27-10)21-7-20-12(14(21)19)16(24)28-17(3,4)5/h7,10-11,13,15H,6,19H2,1-5H3/t10-,11-,13-,15-/m1/s1. The number of carbonyl (C=O) groups excluding carboxylic acids is 3. The first kappa shape index (κ1) is 22.0. The molecule has 0 unspecified atom stereocenters. The smallest absolute Gasteiger partial charge is 0.361 e. The Labute approximate surface area is 167 Å². The summed E-state index contributed by atoms with van der Waals surface area (Å²) >= 11 is 6.44. The van der Waals surface area contributed by atoms with Crippen LogP contribution in [0.2, 0.25) is 0 Å². The Bertz CT molecular complexity index is 758. The zero-order valence-electron chi connectivity index (χ0n) is 16.3. The maximum absolute atomic E-state index is 12.3. The summed E-state index contributed by atoms with van der Waals surface area (Å²) in [5.41, 5.74) is 5.24. The van der Waals surface area contributed by atoms with Gasteiger partial charge in [0, 0.05) is 13.8 Å². The third-order valence-electron chi connectivity index (χ3n) is 3.72. The highest BCUT2D eigenvalue weighted by Crippen LogP contribution is 2.37. The molecule has 1 aliphatic heterocycles. The Morgan fingerprint density at radius 3 is 2.46 bits per heavy atom. The number of nitrogens with two attached hydrogens (primary N) is 1. The van der Waals surface area contributed by atoms with E-state index < -0.39 is 47.3 Å². The fourth-order valence-corrected chi connectivity index (χ4v) is 3.04. The van der Waals surface area contributed by atoms with Crippen molar-refractivity contribution in [1.82, 2.24) is 9.55 Å². The molecule has 11 heteroatoms. The van der Waals surface area contributed by atoms with Crippen molar-refractivity contribution in [2.24, 2.45) is 0 Å². The molecular formula is C17H24ClN3O7. The number of anilines is 1. The van der Waals surface area contributed by atoms with Crippen LogP contribution in [0.3, 0.4) is 0 Å². The second-order valence-electron chi connectivity index (χ2n) is 7.27. The second-order valence-corrected chi connectivity index (χ2v) is 7.78. The molecule has 10 nitrogen and oxygen atoms in total. The molecule has 0 amide bonds. The number of alkyl halides is 1. The third-order valence-corrected chi connectivity index (χ3v) is 4.18. The number of imidazole rings is 1. The highest BCUT2D eigenvalue weighted by molar-refractivity contribution is 6.21. The lowest BCUT2D eigenvalue weighted by Crippen LogP contribution is -2.35. The third kappa shape index (κ3) is 5.14. The Balaban J connectivity index is 2.25. The van der Waals surface area contributed by atoms with Crippen LogP contribution >= 0.6 is 11.6 Å². The fourth-order valence-electron chi connectivity index (χ4n) is 2.64. The molecule has 1 aliphatic rings. The van der Waals surface area contributed by atoms with E-state index in [2.05, 4.69) is 4.98 Å². The number of aromatic nitrogens is 2. The molecule has 4 atom stereocenters. The van der Waals surface area contributed by atoms with E-state index in [0.717, 1.165) is 0 Å². The van der Waals surface area contributed by atoms with Gasteiger partial charge in [0.05, 0.1) is 6.33 Å². The fraction of sp³-hybridized carbons (Fsp3) is 0.647. The topological polar surface area (TPSA) is 132 Å². The zero-order valence-corrected chi connectivity index (χ0v) is 17.1. The molecule has 0 bridgehead atoms. The van der Waals surface area contributed by atoms with Crippen LogP contribution in [0.4, 0.5) is 5.82 Å². The van der Waals surface area contributed by atoms with Crippen molar-refractivity contribution in [3.05, 3.63) is 12.0 Å². The monoisotopic (exact) mass is 417 g/mol. The summed E-state index contributed by atoms with van der Waals surface area (Å²) in [6.07, 6.45) is -1.33. The first-order valence-electron chi connectivity index (χ1n) is 8.56. The number of nitrogens with zero attached hydrogens (tertiary/aromatic N) is 2. The molecule has 156 valence electrons. The van der Waals surface area contributed by atoms with E-state index in [1.165, 1.54) is 24.7 Å². The SMILES string of the molecule is CC(=O)OC[C@H]1O[C@@H](n2cnc(C(=O)OC(C)(C)C)c2N)[C@H](Cl)[C@@H]1OC(C)=O. The number of hydrogen-bond donors (Lipinski definition) is 1. The summed E-state index contributed by atoms with van der Waals surface area (Å²) in [5.74, 6) is -1.80. The minimum absolute atomic E-state index is 0.0142. The molecule has 2 N–H and O–H groups in total. The van der Waals surface area contributed by atoms with Gasteiger partial charge in [0.1, 0.15) is 29.5 Å². The number of nitrogen functional groups attached to an aromatic ring is 1. The lowest BCUT2D eigenvalue weighted by molar-refractivity contribution is -0.155. The quantitative estimate of drug-likeness (QED) is 0.429. The number of halogens is 1. The molecule has 1 fully saturated rings. The summed E-state index contributed by atoms with van der Waals surface area (Å²) in [6.45, 7) is 7.46. The number of carbonyl (C=O) groups is 3. The van der Waals surface area contributed by atoms with Gasteiger partial charge < -0.3 is 24.7 Å². The van der Waals surface area contributed by atoms with E-state index in [9.17, 15) is 14.4 Å². The summed E-state index contributed by atoms with van der Waals surface area (Å²) < 4.78 is 22.6. The molecular weight excluding hydrogens is 394 g/mol. The number of ether oxygens (including phenoxy) is 4. The van der Waals surface area contributed by atoms with Gasteiger partial charge in [-0.05, 0) is 20.8 Å². The molecule has 1 aromatic rings. The first-order valence-corrected chi connectivity index (χ1v) is 9.00. The molecule has 1 saturated heterocycles. The summed E-state index contributed by atoms with van der Waals surface area (Å²) in [4.78, 5) is 38.8. The maximum Gasteiger partial charge on any atom is 0.361 e. The lowest BCUT2D eigenvalue weighted by atomic mass is 10.1. The van der Waals surface area contributed by atoms with Gasteiger partial charge in [-0.25, -0.2) is 9.78 Å². The molecule has 0 radical (unpaired) electrons. The molecule has 0 aliphatic carbocycles. The summed E-state index contributed by atoms with van der Waals surface area (Å²) in [7, 11) is 0. The maximum atomic E-state index is 12.3. The number of esters is 3. The van der Waals surface area contributed by atoms with Crippen molar-refractivity contribution in [2.75, 3.05) is 12.3 Å². The number of rotatable bonds is 5. The van der Waals surface area contributed by atoms with Gasteiger partial charge in [-0.1, -0.05) is 0 Å². The largest absolute Gasteiger partial charge is 0.463 e. The lowest BCUT2D eigenvalue weighted by Gasteiger charge is -2.20. The summed E-state index contributed by atoms with van der Waals surface area (Å²) in [5, 5.41) is -0.868. The Hall–Kier alpha value is -2.33. The number of hydrogen-bond acceptors (Lipinski definition) is 9. The van der Waals surface area contributed by atoms with E-state index >= 15 is 0 Å².